The lowest BCUT2D eigenvalue weighted by Crippen LogP contribution is -2.18. The lowest BCUT2D eigenvalue weighted by molar-refractivity contribution is -0.384. The number of nitrogens with zero attached hydrogens (tertiary/aromatic N) is 2. The predicted octanol–water partition coefficient (Wildman–Crippen LogP) is 2.96. The van der Waals surface area contributed by atoms with Gasteiger partial charge in [-0.3, -0.25) is 10.1 Å². The third-order valence-electron chi connectivity index (χ3n) is 3.00. The second-order valence-corrected chi connectivity index (χ2v) is 6.79. The molecule has 0 aliphatic rings. The highest BCUT2D eigenvalue weighted by molar-refractivity contribution is 7.89. The van der Waals surface area contributed by atoms with E-state index in [1.165, 1.54) is 42.5 Å². The van der Waals surface area contributed by atoms with Crippen LogP contribution < -0.4 is 9.57 Å². The van der Waals surface area contributed by atoms with Gasteiger partial charge in [0, 0.05) is 11.6 Å². The SMILES string of the molecule is CCOc1ccc(S(=O)(=O)N/N=C/c2ccc(Cl)c([N+](=O)[O-])c2)cc1. The highest BCUT2D eigenvalue weighted by atomic mass is 35.5. The van der Waals surface area contributed by atoms with Gasteiger partial charge in [-0.1, -0.05) is 17.7 Å². The lowest BCUT2D eigenvalue weighted by atomic mass is 10.2. The van der Waals surface area contributed by atoms with E-state index in [2.05, 4.69) is 5.10 Å². The van der Waals surface area contributed by atoms with Crippen molar-refractivity contribution in [3.63, 3.8) is 0 Å². The number of nitrogens with one attached hydrogen (secondary N) is 1. The Balaban J connectivity index is 2.12. The fraction of sp³-hybridized carbons (Fsp3) is 0.133. The Morgan fingerprint density at radius 1 is 1.28 bits per heavy atom. The number of nitro groups is 1. The third kappa shape index (κ3) is 4.91. The van der Waals surface area contributed by atoms with Crippen LogP contribution in [0.2, 0.25) is 5.02 Å². The summed E-state index contributed by atoms with van der Waals surface area (Å²) in [5, 5.41) is 14.4. The van der Waals surface area contributed by atoms with Gasteiger partial charge in [0.2, 0.25) is 0 Å². The van der Waals surface area contributed by atoms with E-state index in [0.717, 1.165) is 6.21 Å². The van der Waals surface area contributed by atoms with Gasteiger partial charge in [-0.25, -0.2) is 4.83 Å². The average Bonchev–Trinajstić information content (AvgIpc) is 2.57. The smallest absolute Gasteiger partial charge is 0.288 e. The van der Waals surface area contributed by atoms with Crippen molar-refractivity contribution in [3.8, 4) is 5.75 Å². The van der Waals surface area contributed by atoms with Crippen LogP contribution in [-0.4, -0.2) is 26.2 Å². The second-order valence-electron chi connectivity index (χ2n) is 4.73. The summed E-state index contributed by atoms with van der Waals surface area (Å²) in [6.07, 6.45) is 1.15. The molecule has 2 aromatic rings. The Morgan fingerprint density at radius 3 is 2.56 bits per heavy atom. The molecular weight excluding hydrogens is 370 g/mol. The van der Waals surface area contributed by atoms with Gasteiger partial charge in [0.1, 0.15) is 10.8 Å². The topological polar surface area (TPSA) is 111 Å². The van der Waals surface area contributed by atoms with Gasteiger partial charge in [0.05, 0.1) is 22.6 Å². The molecule has 8 nitrogen and oxygen atoms in total. The molecule has 132 valence electrons. The normalized spacial score (nSPS) is 11.4. The van der Waals surface area contributed by atoms with Crippen molar-refractivity contribution >= 4 is 33.5 Å². The minimum atomic E-state index is -3.86. The van der Waals surface area contributed by atoms with Crippen molar-refractivity contribution in [2.45, 2.75) is 11.8 Å². The van der Waals surface area contributed by atoms with Gasteiger partial charge in [0.15, 0.2) is 0 Å². The maximum Gasteiger partial charge on any atom is 0.288 e. The Bertz CT molecular complexity index is 898. The van der Waals surface area contributed by atoms with Gasteiger partial charge in [-0.2, -0.15) is 13.5 Å². The number of benzene rings is 2. The minimum absolute atomic E-state index is 0.00943. The summed E-state index contributed by atoms with van der Waals surface area (Å²) in [6.45, 7) is 2.30. The highest BCUT2D eigenvalue weighted by Crippen LogP contribution is 2.24. The molecule has 0 bridgehead atoms. The largest absolute Gasteiger partial charge is 0.494 e. The highest BCUT2D eigenvalue weighted by Gasteiger charge is 2.14. The number of sulfonamides is 1. The van der Waals surface area contributed by atoms with Crippen molar-refractivity contribution < 1.29 is 18.1 Å². The first-order valence-corrected chi connectivity index (χ1v) is 8.91. The third-order valence-corrected chi connectivity index (χ3v) is 4.56. The van der Waals surface area contributed by atoms with Crippen LogP contribution in [0.1, 0.15) is 12.5 Å². The van der Waals surface area contributed by atoms with Gasteiger partial charge >= 0.3 is 0 Å². The molecular formula is C15H14ClN3O5S. The Hall–Kier alpha value is -2.65. The summed E-state index contributed by atoms with van der Waals surface area (Å²) < 4.78 is 29.5. The molecule has 0 aliphatic heterocycles. The summed E-state index contributed by atoms with van der Waals surface area (Å²) in [5.41, 5.74) is 0.0329. The molecule has 25 heavy (non-hydrogen) atoms. The summed E-state index contributed by atoms with van der Waals surface area (Å²) in [6, 6.07) is 9.84. The number of rotatable bonds is 7. The Morgan fingerprint density at radius 2 is 1.96 bits per heavy atom. The van der Waals surface area contributed by atoms with Crippen LogP contribution >= 0.6 is 11.6 Å². The molecule has 1 N–H and O–H groups in total. The van der Waals surface area contributed by atoms with Gasteiger partial charge in [-0.05, 0) is 37.3 Å². The quantitative estimate of drug-likeness (QED) is 0.449. The van der Waals surface area contributed by atoms with E-state index in [1.807, 2.05) is 11.8 Å². The minimum Gasteiger partial charge on any atom is -0.494 e. The molecule has 0 atom stereocenters. The second kappa shape index (κ2) is 7.95. The monoisotopic (exact) mass is 383 g/mol. The number of halogens is 1. The summed E-state index contributed by atoms with van der Waals surface area (Å²) >= 11 is 5.71. The number of hydrazone groups is 1. The standard InChI is InChI=1S/C15H14ClN3O5S/c1-2-24-12-4-6-13(7-5-12)25(22,23)18-17-10-11-3-8-14(16)15(9-11)19(20)21/h3-10,18H,2H2,1H3/b17-10+. The molecule has 0 amide bonds. The molecule has 0 spiro atoms. The van der Waals surface area contributed by atoms with Gasteiger partial charge < -0.3 is 4.74 Å². The lowest BCUT2D eigenvalue weighted by Gasteiger charge is -2.05. The number of ether oxygens (including phenoxy) is 1. The van der Waals surface area contributed by atoms with Crippen LogP contribution in [0, 0.1) is 10.1 Å². The molecule has 0 saturated heterocycles. The van der Waals surface area contributed by atoms with Crippen LogP contribution in [0.3, 0.4) is 0 Å². The number of hydrogen-bond acceptors (Lipinski definition) is 6. The molecule has 0 fully saturated rings. The van der Waals surface area contributed by atoms with Crippen LogP contribution in [-0.2, 0) is 10.0 Å². The molecule has 0 radical (unpaired) electrons. The Kier molecular flexibility index (Phi) is 5.94. The van der Waals surface area contributed by atoms with Gasteiger partial charge in [0.25, 0.3) is 15.7 Å². The van der Waals surface area contributed by atoms with E-state index >= 15 is 0 Å². The van der Waals surface area contributed by atoms with E-state index < -0.39 is 14.9 Å². The summed E-state index contributed by atoms with van der Waals surface area (Å²) in [7, 11) is -3.86. The Labute approximate surface area is 149 Å². The molecule has 0 heterocycles. The van der Waals surface area contributed by atoms with Crippen molar-refractivity contribution in [1.82, 2.24) is 4.83 Å². The number of hydrogen-bond donors (Lipinski definition) is 1. The molecule has 0 aliphatic carbocycles. The van der Waals surface area contributed by atoms with Crippen molar-refractivity contribution in [2.75, 3.05) is 6.61 Å². The fourth-order valence-electron chi connectivity index (χ4n) is 1.85. The van der Waals surface area contributed by atoms with E-state index in [-0.39, 0.29) is 15.6 Å². The van der Waals surface area contributed by atoms with Crippen LogP contribution in [0.25, 0.3) is 0 Å². The van der Waals surface area contributed by atoms with E-state index in [1.54, 1.807) is 0 Å². The van der Waals surface area contributed by atoms with Crippen molar-refractivity contribution in [2.24, 2.45) is 5.10 Å². The van der Waals surface area contributed by atoms with E-state index in [0.29, 0.717) is 17.9 Å². The molecule has 0 saturated carbocycles. The fourth-order valence-corrected chi connectivity index (χ4v) is 2.83. The van der Waals surface area contributed by atoms with Gasteiger partial charge in [-0.15, -0.1) is 0 Å². The first-order chi connectivity index (χ1) is 11.8. The molecule has 0 unspecified atom stereocenters. The molecule has 0 aromatic heterocycles. The summed E-state index contributed by atoms with van der Waals surface area (Å²) in [4.78, 5) is 12.2. The van der Waals surface area contributed by atoms with Crippen LogP contribution in [0.15, 0.2) is 52.5 Å². The molecule has 2 aromatic carbocycles. The zero-order chi connectivity index (χ0) is 18.4. The van der Waals surface area contributed by atoms with Crippen LogP contribution in [0.5, 0.6) is 5.75 Å². The van der Waals surface area contributed by atoms with Crippen LogP contribution in [0.4, 0.5) is 5.69 Å². The zero-order valence-corrected chi connectivity index (χ0v) is 14.6. The predicted molar refractivity (Wildman–Crippen MR) is 93.6 cm³/mol. The van der Waals surface area contributed by atoms with E-state index in [4.69, 9.17) is 16.3 Å². The average molecular weight is 384 g/mol. The molecule has 10 heteroatoms. The van der Waals surface area contributed by atoms with Crippen molar-refractivity contribution in [3.05, 3.63) is 63.2 Å². The summed E-state index contributed by atoms with van der Waals surface area (Å²) in [5.74, 6) is 0.554. The number of nitro benzene ring substituents is 1. The first-order valence-electron chi connectivity index (χ1n) is 7.05. The zero-order valence-electron chi connectivity index (χ0n) is 13.0. The maximum absolute atomic E-state index is 12.1. The van der Waals surface area contributed by atoms with E-state index in [9.17, 15) is 18.5 Å². The maximum atomic E-state index is 12.1. The molecule has 2 rings (SSSR count). The first kappa shape index (κ1) is 18.7. The van der Waals surface area contributed by atoms with Crippen molar-refractivity contribution in [1.29, 1.82) is 0 Å².